The Labute approximate surface area is 91.6 Å². The number of hydrogen-bond acceptors (Lipinski definition) is 2. The highest BCUT2D eigenvalue weighted by molar-refractivity contribution is 5.55. The number of rotatable bonds is 2. The van der Waals surface area contributed by atoms with Crippen LogP contribution in [0.3, 0.4) is 0 Å². The normalized spacial score (nSPS) is 16.6. The molecule has 0 saturated carbocycles. The van der Waals surface area contributed by atoms with Crippen molar-refractivity contribution in [2.24, 2.45) is 0 Å². The fourth-order valence-electron chi connectivity index (χ4n) is 1.92. The van der Waals surface area contributed by atoms with E-state index in [1.54, 1.807) is 0 Å². The fraction of sp³-hybridized carbons (Fsp3) is 0.385. The molecule has 80 valence electrons. The van der Waals surface area contributed by atoms with Gasteiger partial charge in [0.1, 0.15) is 0 Å². The van der Waals surface area contributed by atoms with Crippen molar-refractivity contribution in [1.29, 1.82) is 0 Å². The molecular weight excluding hydrogens is 184 g/mol. The highest BCUT2D eigenvalue weighted by atomic mass is 15.1. The summed E-state index contributed by atoms with van der Waals surface area (Å²) in [7, 11) is 1.94. The smallest absolute Gasteiger partial charge is 0.0367 e. The molecule has 2 nitrogen and oxygen atoms in total. The van der Waals surface area contributed by atoms with Crippen molar-refractivity contribution in [3.63, 3.8) is 0 Å². The van der Waals surface area contributed by atoms with Crippen molar-refractivity contribution >= 4 is 11.4 Å². The Bertz CT molecular complexity index is 330. The molecule has 0 aromatic heterocycles. The lowest BCUT2D eigenvalue weighted by atomic mass is 10.1. The molecule has 1 aliphatic rings. The molecule has 1 aliphatic heterocycles. The van der Waals surface area contributed by atoms with Crippen LogP contribution in [0.15, 0.2) is 36.4 Å². The summed E-state index contributed by atoms with van der Waals surface area (Å²) in [5.41, 5.74) is 3.87. The van der Waals surface area contributed by atoms with Crippen LogP contribution < -0.4 is 10.2 Å². The van der Waals surface area contributed by atoms with E-state index < -0.39 is 0 Å². The summed E-state index contributed by atoms with van der Waals surface area (Å²) < 4.78 is 0. The van der Waals surface area contributed by atoms with Crippen LogP contribution in [0.25, 0.3) is 0 Å². The largest absolute Gasteiger partial charge is 0.388 e. The Hall–Kier alpha value is -1.44. The van der Waals surface area contributed by atoms with E-state index in [0.29, 0.717) is 0 Å². The third-order valence-electron chi connectivity index (χ3n) is 2.99. The zero-order chi connectivity index (χ0) is 10.7. The highest BCUT2D eigenvalue weighted by Crippen LogP contribution is 2.23. The summed E-state index contributed by atoms with van der Waals surface area (Å²) in [5, 5.41) is 3.13. The Kier molecular flexibility index (Phi) is 2.95. The fourth-order valence-corrected chi connectivity index (χ4v) is 1.92. The number of benzene rings is 1. The van der Waals surface area contributed by atoms with Gasteiger partial charge in [-0.25, -0.2) is 0 Å². The van der Waals surface area contributed by atoms with E-state index in [4.69, 9.17) is 0 Å². The van der Waals surface area contributed by atoms with Gasteiger partial charge in [0.25, 0.3) is 0 Å². The Morgan fingerprint density at radius 2 is 1.73 bits per heavy atom. The molecule has 2 rings (SSSR count). The molecule has 15 heavy (non-hydrogen) atoms. The van der Waals surface area contributed by atoms with Gasteiger partial charge in [-0.15, -0.1) is 0 Å². The third kappa shape index (κ3) is 2.32. The monoisotopic (exact) mass is 202 g/mol. The van der Waals surface area contributed by atoms with Crippen LogP contribution >= 0.6 is 0 Å². The summed E-state index contributed by atoms with van der Waals surface area (Å²) in [6.45, 7) is 6.25. The molecule has 1 saturated heterocycles. The quantitative estimate of drug-likeness (QED) is 0.742. The van der Waals surface area contributed by atoms with Crippen LogP contribution in [0.2, 0.25) is 0 Å². The molecule has 1 aromatic carbocycles. The lowest BCUT2D eigenvalue weighted by Gasteiger charge is -2.30. The third-order valence-corrected chi connectivity index (χ3v) is 2.99. The maximum absolute atomic E-state index is 4.03. The summed E-state index contributed by atoms with van der Waals surface area (Å²) in [6, 6.07) is 8.61. The van der Waals surface area contributed by atoms with E-state index in [9.17, 15) is 0 Å². The Balaban J connectivity index is 2.06. The number of nitrogens with zero attached hydrogens (tertiary/aromatic N) is 1. The highest BCUT2D eigenvalue weighted by Gasteiger charge is 2.12. The van der Waals surface area contributed by atoms with Crippen LogP contribution in [0.4, 0.5) is 11.4 Å². The van der Waals surface area contributed by atoms with Gasteiger partial charge >= 0.3 is 0 Å². The van der Waals surface area contributed by atoms with Gasteiger partial charge in [0.05, 0.1) is 0 Å². The van der Waals surface area contributed by atoms with Crippen molar-refractivity contribution < 1.29 is 0 Å². The molecule has 0 aliphatic carbocycles. The number of anilines is 2. The van der Waals surface area contributed by atoms with E-state index in [0.717, 1.165) is 25.9 Å². The minimum absolute atomic E-state index is 1.11. The second kappa shape index (κ2) is 4.39. The van der Waals surface area contributed by atoms with Crippen LogP contribution in [-0.4, -0.2) is 20.1 Å². The zero-order valence-electron chi connectivity index (χ0n) is 9.29. The van der Waals surface area contributed by atoms with E-state index in [-0.39, 0.29) is 0 Å². The molecular formula is C13H18N2. The van der Waals surface area contributed by atoms with Gasteiger partial charge in [-0.3, -0.25) is 0 Å². The minimum Gasteiger partial charge on any atom is -0.388 e. The molecule has 0 spiro atoms. The molecule has 0 bridgehead atoms. The lowest BCUT2D eigenvalue weighted by Crippen LogP contribution is -2.30. The molecule has 1 fully saturated rings. The van der Waals surface area contributed by atoms with Gasteiger partial charge < -0.3 is 10.2 Å². The zero-order valence-corrected chi connectivity index (χ0v) is 9.29. The van der Waals surface area contributed by atoms with Crippen molar-refractivity contribution in [3.8, 4) is 0 Å². The van der Waals surface area contributed by atoms with Crippen molar-refractivity contribution in [2.45, 2.75) is 12.8 Å². The van der Waals surface area contributed by atoms with E-state index >= 15 is 0 Å². The standard InChI is InChI=1S/C13H18N2/c1-11-7-9-15(10-8-11)13-5-3-12(14-2)4-6-13/h3-6,14H,1,7-10H2,2H3. The lowest BCUT2D eigenvalue weighted by molar-refractivity contribution is 0.687. The maximum atomic E-state index is 4.03. The second-order valence-electron chi connectivity index (χ2n) is 4.03. The van der Waals surface area contributed by atoms with Crippen molar-refractivity contribution in [3.05, 3.63) is 36.4 Å². The Morgan fingerprint density at radius 3 is 2.27 bits per heavy atom. The van der Waals surface area contributed by atoms with Gasteiger partial charge in [0.15, 0.2) is 0 Å². The predicted octanol–water partition coefficient (Wildman–Crippen LogP) is 2.88. The minimum atomic E-state index is 1.11. The first-order valence-electron chi connectivity index (χ1n) is 5.49. The van der Waals surface area contributed by atoms with E-state index in [2.05, 4.69) is 41.1 Å². The van der Waals surface area contributed by atoms with Crippen LogP contribution in [0, 0.1) is 0 Å². The summed E-state index contributed by atoms with van der Waals surface area (Å²) in [4.78, 5) is 2.42. The molecule has 1 N–H and O–H groups in total. The van der Waals surface area contributed by atoms with E-state index in [1.165, 1.54) is 16.9 Å². The Morgan fingerprint density at radius 1 is 1.13 bits per heavy atom. The average Bonchev–Trinajstić information content (AvgIpc) is 2.30. The second-order valence-corrected chi connectivity index (χ2v) is 4.03. The van der Waals surface area contributed by atoms with Crippen molar-refractivity contribution in [2.75, 3.05) is 30.4 Å². The van der Waals surface area contributed by atoms with Gasteiger partial charge in [0.2, 0.25) is 0 Å². The van der Waals surface area contributed by atoms with Gasteiger partial charge in [0, 0.05) is 31.5 Å². The van der Waals surface area contributed by atoms with Crippen LogP contribution in [0.1, 0.15) is 12.8 Å². The van der Waals surface area contributed by atoms with E-state index in [1.807, 2.05) is 7.05 Å². The molecule has 0 unspecified atom stereocenters. The first kappa shape index (κ1) is 10.1. The summed E-state index contributed by atoms with van der Waals surface area (Å²) in [6.07, 6.45) is 2.27. The van der Waals surface area contributed by atoms with Gasteiger partial charge in [-0.05, 0) is 37.1 Å². The molecule has 0 atom stereocenters. The number of hydrogen-bond donors (Lipinski definition) is 1. The molecule has 0 radical (unpaired) electrons. The maximum Gasteiger partial charge on any atom is 0.0367 e. The summed E-state index contributed by atoms with van der Waals surface area (Å²) >= 11 is 0. The van der Waals surface area contributed by atoms with Crippen LogP contribution in [0.5, 0.6) is 0 Å². The topological polar surface area (TPSA) is 15.3 Å². The van der Waals surface area contributed by atoms with Gasteiger partial charge in [-0.2, -0.15) is 0 Å². The molecule has 1 aromatic rings. The molecule has 1 heterocycles. The first-order chi connectivity index (χ1) is 7.29. The number of nitrogens with one attached hydrogen (secondary N) is 1. The van der Waals surface area contributed by atoms with Gasteiger partial charge in [-0.1, -0.05) is 12.2 Å². The van der Waals surface area contributed by atoms with Crippen molar-refractivity contribution in [1.82, 2.24) is 0 Å². The first-order valence-corrected chi connectivity index (χ1v) is 5.49. The molecule has 0 amide bonds. The average molecular weight is 202 g/mol. The molecule has 2 heteroatoms. The number of piperidine rings is 1. The SMILES string of the molecule is C=C1CCN(c2ccc(NC)cc2)CC1. The van der Waals surface area contributed by atoms with Crippen LogP contribution in [-0.2, 0) is 0 Å². The summed E-state index contributed by atoms with van der Waals surface area (Å²) in [5.74, 6) is 0. The predicted molar refractivity (Wildman–Crippen MR) is 66.6 cm³/mol.